The third kappa shape index (κ3) is 4.67. The highest BCUT2D eigenvalue weighted by Gasteiger charge is 2.27. The van der Waals surface area contributed by atoms with E-state index in [1.165, 1.54) is 9.08 Å². The van der Waals surface area contributed by atoms with Gasteiger partial charge in [0.25, 0.3) is 5.91 Å². The Morgan fingerprint density at radius 2 is 2.14 bits per heavy atom. The van der Waals surface area contributed by atoms with Crippen molar-refractivity contribution in [3.05, 3.63) is 52.2 Å². The summed E-state index contributed by atoms with van der Waals surface area (Å²) >= 11 is 0. The van der Waals surface area contributed by atoms with Crippen molar-refractivity contribution in [2.45, 2.75) is 39.2 Å². The van der Waals surface area contributed by atoms with Crippen LogP contribution in [-0.2, 0) is 17.7 Å². The average Bonchev–Trinajstić information content (AvgIpc) is 3.22. The molecular formula is C25H31FN6O3. The smallest absolute Gasteiger partial charge is 0.350 e. The van der Waals surface area contributed by atoms with Crippen LogP contribution in [0.25, 0.3) is 5.65 Å². The molecule has 2 aliphatic rings. The third-order valence-corrected chi connectivity index (χ3v) is 6.83. The molecule has 0 bridgehead atoms. The van der Waals surface area contributed by atoms with Crippen LogP contribution >= 0.6 is 0 Å². The molecule has 5 rings (SSSR count). The molecule has 0 aliphatic carbocycles. The zero-order valence-corrected chi connectivity index (χ0v) is 20.0. The number of piperidine rings is 1. The number of aryl methyl sites for hydroxylation is 1. The summed E-state index contributed by atoms with van der Waals surface area (Å²) in [7, 11) is 0. The summed E-state index contributed by atoms with van der Waals surface area (Å²) in [5.74, 6) is 0.670. The van der Waals surface area contributed by atoms with E-state index in [4.69, 9.17) is 4.74 Å². The number of amides is 1. The molecule has 186 valence electrons. The maximum Gasteiger partial charge on any atom is 0.350 e. The Kier molecular flexibility index (Phi) is 6.81. The summed E-state index contributed by atoms with van der Waals surface area (Å²) in [4.78, 5) is 34.2. The molecule has 35 heavy (non-hydrogen) atoms. The lowest BCUT2D eigenvalue weighted by Gasteiger charge is -2.33. The van der Waals surface area contributed by atoms with E-state index in [1.807, 2.05) is 25.1 Å². The quantitative estimate of drug-likeness (QED) is 0.482. The minimum absolute atomic E-state index is 0.0705. The zero-order valence-electron chi connectivity index (χ0n) is 20.0. The monoisotopic (exact) mass is 482 g/mol. The summed E-state index contributed by atoms with van der Waals surface area (Å²) in [6.45, 7) is 4.87. The fourth-order valence-corrected chi connectivity index (χ4v) is 5.01. The predicted molar refractivity (Wildman–Crippen MR) is 130 cm³/mol. The van der Waals surface area contributed by atoms with Crippen LogP contribution in [0.3, 0.4) is 0 Å². The molecule has 0 aromatic carbocycles. The fraction of sp³-hybridized carbons (Fsp3) is 0.520. The van der Waals surface area contributed by atoms with Crippen LogP contribution in [0.4, 0.5) is 15.9 Å². The van der Waals surface area contributed by atoms with E-state index in [-0.39, 0.29) is 24.2 Å². The first-order valence-electron chi connectivity index (χ1n) is 12.4. The molecule has 0 N–H and O–H groups in total. The molecule has 5 heterocycles. The van der Waals surface area contributed by atoms with Gasteiger partial charge in [-0.3, -0.25) is 13.6 Å². The van der Waals surface area contributed by atoms with Gasteiger partial charge in [0.05, 0.1) is 25.4 Å². The minimum Gasteiger partial charge on any atom is -0.380 e. The van der Waals surface area contributed by atoms with E-state index < -0.39 is 0 Å². The minimum atomic E-state index is -0.387. The molecule has 0 spiro atoms. The standard InChI is InChI=1S/C25H31FN6O3/c1-2-35-12-11-32-25(34)31-10-7-21(14-22(31)28-32)30-9-4-6-19-13-20(16-27-23(19)30)24(33)29-8-3-5-18(15-26)17-29/h7,10,13-14,16,18H,2-6,8-9,11-12,15,17H2,1H3/t18-/m0/s1. The first kappa shape index (κ1) is 23.5. The van der Waals surface area contributed by atoms with E-state index in [0.29, 0.717) is 44.1 Å². The summed E-state index contributed by atoms with van der Waals surface area (Å²) in [5, 5.41) is 4.46. The number of halogens is 1. The van der Waals surface area contributed by atoms with E-state index in [1.54, 1.807) is 17.3 Å². The number of pyridine rings is 2. The van der Waals surface area contributed by atoms with Crippen molar-refractivity contribution >= 4 is 23.1 Å². The molecule has 0 unspecified atom stereocenters. The largest absolute Gasteiger partial charge is 0.380 e. The van der Waals surface area contributed by atoms with Crippen LogP contribution in [0.1, 0.15) is 42.1 Å². The molecule has 1 fully saturated rings. The lowest BCUT2D eigenvalue weighted by atomic mass is 9.98. The number of aromatic nitrogens is 4. The Bertz CT molecular complexity index is 1270. The van der Waals surface area contributed by atoms with Crippen molar-refractivity contribution in [1.82, 2.24) is 24.1 Å². The van der Waals surface area contributed by atoms with Gasteiger partial charge in [-0.05, 0) is 50.3 Å². The van der Waals surface area contributed by atoms with Gasteiger partial charge in [-0.25, -0.2) is 14.5 Å². The van der Waals surface area contributed by atoms with Crippen molar-refractivity contribution in [2.24, 2.45) is 5.92 Å². The normalized spacial score (nSPS) is 18.2. The molecule has 9 nitrogen and oxygen atoms in total. The number of anilines is 2. The van der Waals surface area contributed by atoms with Gasteiger partial charge >= 0.3 is 5.69 Å². The van der Waals surface area contributed by atoms with Crippen molar-refractivity contribution < 1.29 is 13.9 Å². The van der Waals surface area contributed by atoms with Gasteiger partial charge in [-0.2, -0.15) is 0 Å². The molecule has 1 saturated heterocycles. The molecule has 0 radical (unpaired) electrons. The van der Waals surface area contributed by atoms with E-state index >= 15 is 0 Å². The number of alkyl halides is 1. The van der Waals surface area contributed by atoms with Gasteiger partial charge in [0.15, 0.2) is 5.65 Å². The maximum absolute atomic E-state index is 13.2. The number of likely N-dealkylation sites (tertiary alicyclic amines) is 1. The third-order valence-electron chi connectivity index (χ3n) is 6.83. The molecule has 3 aromatic heterocycles. The van der Waals surface area contributed by atoms with Gasteiger partial charge in [0.2, 0.25) is 0 Å². The average molecular weight is 483 g/mol. The number of fused-ring (bicyclic) bond motifs is 2. The zero-order chi connectivity index (χ0) is 24.4. The lowest BCUT2D eigenvalue weighted by molar-refractivity contribution is 0.0656. The lowest BCUT2D eigenvalue weighted by Crippen LogP contribution is -2.40. The number of hydrogen-bond acceptors (Lipinski definition) is 6. The number of rotatable bonds is 7. The fourth-order valence-electron chi connectivity index (χ4n) is 5.01. The molecular weight excluding hydrogens is 451 g/mol. The second-order valence-electron chi connectivity index (χ2n) is 9.19. The number of hydrogen-bond donors (Lipinski definition) is 0. The Hall–Kier alpha value is -3.27. The molecule has 1 atom stereocenters. The first-order chi connectivity index (χ1) is 17.1. The van der Waals surface area contributed by atoms with Crippen LogP contribution in [0.5, 0.6) is 0 Å². The van der Waals surface area contributed by atoms with Crippen LogP contribution < -0.4 is 10.6 Å². The Balaban J connectivity index is 1.39. The van der Waals surface area contributed by atoms with Crippen molar-refractivity contribution in [2.75, 3.05) is 44.4 Å². The van der Waals surface area contributed by atoms with Gasteiger partial charge in [-0.1, -0.05) is 0 Å². The molecule has 0 saturated carbocycles. The highest BCUT2D eigenvalue weighted by Crippen LogP contribution is 2.33. The number of carbonyl (C=O) groups is 1. The topological polar surface area (TPSA) is 85.0 Å². The van der Waals surface area contributed by atoms with Crippen molar-refractivity contribution in [1.29, 1.82) is 0 Å². The second-order valence-corrected chi connectivity index (χ2v) is 9.19. The number of ether oxygens (including phenoxy) is 1. The summed E-state index contributed by atoms with van der Waals surface area (Å²) in [5.41, 5.74) is 2.84. The molecule has 10 heteroatoms. The first-order valence-corrected chi connectivity index (χ1v) is 12.4. The van der Waals surface area contributed by atoms with Crippen molar-refractivity contribution in [3.8, 4) is 0 Å². The second kappa shape index (κ2) is 10.2. The maximum atomic E-state index is 13.2. The number of nitrogens with zero attached hydrogens (tertiary/aromatic N) is 6. The van der Waals surface area contributed by atoms with Gasteiger partial charge in [-0.15, -0.1) is 5.10 Å². The van der Waals surface area contributed by atoms with Crippen LogP contribution in [0.2, 0.25) is 0 Å². The summed E-state index contributed by atoms with van der Waals surface area (Å²) in [6, 6.07) is 5.71. The van der Waals surface area contributed by atoms with Gasteiger partial charge in [0.1, 0.15) is 5.82 Å². The Morgan fingerprint density at radius 3 is 2.97 bits per heavy atom. The van der Waals surface area contributed by atoms with Crippen LogP contribution in [0.15, 0.2) is 35.4 Å². The van der Waals surface area contributed by atoms with E-state index in [2.05, 4.69) is 15.0 Å². The van der Waals surface area contributed by atoms with E-state index in [9.17, 15) is 14.0 Å². The van der Waals surface area contributed by atoms with Gasteiger partial charge in [0, 0.05) is 56.3 Å². The molecule has 3 aromatic rings. The van der Waals surface area contributed by atoms with Crippen LogP contribution in [0, 0.1) is 5.92 Å². The summed E-state index contributed by atoms with van der Waals surface area (Å²) in [6.07, 6.45) is 6.78. The highest BCUT2D eigenvalue weighted by atomic mass is 19.1. The van der Waals surface area contributed by atoms with Crippen LogP contribution in [-0.4, -0.2) is 69.5 Å². The molecule has 2 aliphatic heterocycles. The number of carbonyl (C=O) groups excluding carboxylic acids is 1. The predicted octanol–water partition coefficient (Wildman–Crippen LogP) is 2.83. The molecule has 1 amide bonds. The SMILES string of the molecule is CCOCCn1nc2cc(N3CCCc4cc(C(=O)N5CCC[C@@H](CF)C5)cnc43)ccn2c1=O. The van der Waals surface area contributed by atoms with Gasteiger partial charge < -0.3 is 14.5 Å². The highest BCUT2D eigenvalue weighted by molar-refractivity contribution is 5.94. The Morgan fingerprint density at radius 1 is 1.26 bits per heavy atom. The van der Waals surface area contributed by atoms with Crippen molar-refractivity contribution in [3.63, 3.8) is 0 Å². The van der Waals surface area contributed by atoms with E-state index in [0.717, 1.165) is 49.3 Å². The Labute approximate surface area is 203 Å². The summed E-state index contributed by atoms with van der Waals surface area (Å²) < 4.78 is 21.5.